The van der Waals surface area contributed by atoms with Crippen LogP contribution in [0, 0.1) is 5.82 Å². The Morgan fingerprint density at radius 2 is 2.03 bits per heavy atom. The van der Waals surface area contributed by atoms with Crippen LogP contribution >= 0.6 is 0 Å². The summed E-state index contributed by atoms with van der Waals surface area (Å²) >= 11 is 0. The average Bonchev–Trinajstić information content (AvgIpc) is 3.32. The number of nitrogens with zero attached hydrogens (tertiary/aromatic N) is 1. The number of nitrogens with one attached hydrogen (secondary N) is 2. The largest absolute Gasteiger partial charge is 0.360 e. The molecule has 1 aromatic heterocycles. The molecule has 1 saturated heterocycles. The first-order chi connectivity index (χ1) is 14.2. The van der Waals surface area contributed by atoms with E-state index in [-0.39, 0.29) is 24.3 Å². The number of hydrogen-bond donors (Lipinski definition) is 2. The summed E-state index contributed by atoms with van der Waals surface area (Å²) < 4.78 is 41.4. The van der Waals surface area contributed by atoms with E-state index in [2.05, 4.69) is 10.3 Å². The monoisotopic (exact) mass is 427 g/mol. The Morgan fingerprint density at radius 1 is 1.23 bits per heavy atom. The van der Waals surface area contributed by atoms with Crippen molar-refractivity contribution in [3.8, 4) is 11.1 Å². The zero-order valence-corrected chi connectivity index (χ0v) is 17.5. The Morgan fingerprint density at radius 3 is 2.77 bits per heavy atom. The lowest BCUT2D eigenvalue weighted by molar-refractivity contribution is -0.119. The van der Waals surface area contributed by atoms with E-state index < -0.39 is 15.6 Å². The first-order valence-corrected chi connectivity index (χ1v) is 11.4. The Balaban J connectivity index is 1.54. The van der Waals surface area contributed by atoms with Gasteiger partial charge in [0.2, 0.25) is 15.9 Å². The molecule has 0 bridgehead atoms. The van der Waals surface area contributed by atoms with Gasteiger partial charge in [-0.15, -0.1) is 0 Å². The third kappa shape index (κ3) is 2.86. The van der Waals surface area contributed by atoms with E-state index in [9.17, 15) is 17.6 Å². The molecular weight excluding hydrogens is 405 g/mol. The Bertz CT molecular complexity index is 1300. The van der Waals surface area contributed by atoms with Crippen molar-refractivity contribution in [1.82, 2.24) is 14.6 Å². The van der Waals surface area contributed by atoms with Gasteiger partial charge in [0.1, 0.15) is 5.82 Å². The minimum absolute atomic E-state index is 0.0441. The molecule has 0 aliphatic carbocycles. The molecule has 5 rings (SSSR count). The number of fused-ring (bicyclic) bond motifs is 2. The molecule has 1 amide bonds. The van der Waals surface area contributed by atoms with Gasteiger partial charge in [0, 0.05) is 41.7 Å². The van der Waals surface area contributed by atoms with Crippen LogP contribution in [0.25, 0.3) is 22.0 Å². The molecule has 3 heterocycles. The maximum Gasteiger partial charge on any atom is 0.244 e. The summed E-state index contributed by atoms with van der Waals surface area (Å²) in [5, 5.41) is 3.80. The number of aromatic amines is 1. The van der Waals surface area contributed by atoms with Gasteiger partial charge in [-0.2, -0.15) is 4.31 Å². The summed E-state index contributed by atoms with van der Waals surface area (Å²) in [7, 11) is -3.65. The second-order valence-corrected chi connectivity index (χ2v) is 10.3. The van der Waals surface area contributed by atoms with Gasteiger partial charge in [-0.3, -0.25) is 4.79 Å². The topological polar surface area (TPSA) is 82.3 Å². The van der Waals surface area contributed by atoms with Crippen molar-refractivity contribution in [2.24, 2.45) is 0 Å². The van der Waals surface area contributed by atoms with E-state index >= 15 is 0 Å². The zero-order chi connectivity index (χ0) is 21.3. The lowest BCUT2D eigenvalue weighted by Crippen LogP contribution is -2.49. The predicted octanol–water partition coefficient (Wildman–Crippen LogP) is 3.71. The van der Waals surface area contributed by atoms with E-state index in [4.69, 9.17) is 0 Å². The van der Waals surface area contributed by atoms with E-state index in [0.29, 0.717) is 23.3 Å². The number of hydrogen-bond acceptors (Lipinski definition) is 3. The minimum Gasteiger partial charge on any atom is -0.360 e. The van der Waals surface area contributed by atoms with Crippen LogP contribution < -0.4 is 5.32 Å². The lowest BCUT2D eigenvalue weighted by atomic mass is 9.97. The fourth-order valence-corrected chi connectivity index (χ4v) is 6.64. The highest BCUT2D eigenvalue weighted by Gasteiger charge is 2.45. The normalized spacial score (nSPS) is 25.6. The van der Waals surface area contributed by atoms with Gasteiger partial charge in [-0.05, 0) is 61.7 Å². The van der Waals surface area contributed by atoms with Gasteiger partial charge in [0.05, 0.1) is 10.4 Å². The van der Waals surface area contributed by atoms with E-state index in [1.807, 2.05) is 26.1 Å². The van der Waals surface area contributed by atoms with E-state index in [1.165, 1.54) is 16.4 Å². The summed E-state index contributed by atoms with van der Waals surface area (Å²) in [5.74, 6) is -0.356. The van der Waals surface area contributed by atoms with Crippen molar-refractivity contribution in [1.29, 1.82) is 0 Å². The molecule has 30 heavy (non-hydrogen) atoms. The predicted molar refractivity (Wildman–Crippen MR) is 112 cm³/mol. The van der Waals surface area contributed by atoms with Crippen molar-refractivity contribution in [3.05, 3.63) is 54.0 Å². The summed E-state index contributed by atoms with van der Waals surface area (Å²) in [6, 6.07) is 9.57. The number of carbonyl (C=O) groups excluding carboxylic acids is 1. The smallest absolute Gasteiger partial charge is 0.244 e. The highest BCUT2D eigenvalue weighted by Crippen LogP contribution is 2.43. The van der Waals surface area contributed by atoms with Gasteiger partial charge in [-0.1, -0.05) is 6.07 Å². The average molecular weight is 428 g/mol. The van der Waals surface area contributed by atoms with Crippen LogP contribution in [0.5, 0.6) is 0 Å². The van der Waals surface area contributed by atoms with Crippen LogP contribution in [0.4, 0.5) is 4.39 Å². The first kappa shape index (κ1) is 19.3. The number of amides is 1. The molecule has 1 unspecified atom stereocenters. The number of H-pyrrole nitrogens is 1. The second-order valence-electron chi connectivity index (χ2n) is 8.48. The second kappa shape index (κ2) is 6.39. The molecule has 2 aromatic carbocycles. The van der Waals surface area contributed by atoms with Gasteiger partial charge >= 0.3 is 0 Å². The van der Waals surface area contributed by atoms with Crippen molar-refractivity contribution in [2.45, 2.75) is 43.2 Å². The number of halogens is 1. The van der Waals surface area contributed by atoms with Crippen LogP contribution in [-0.2, 0) is 14.8 Å². The van der Waals surface area contributed by atoms with Gasteiger partial charge < -0.3 is 10.3 Å². The highest BCUT2D eigenvalue weighted by atomic mass is 32.2. The zero-order valence-electron chi connectivity index (χ0n) is 16.7. The van der Waals surface area contributed by atoms with Crippen LogP contribution in [0.15, 0.2) is 47.5 Å². The van der Waals surface area contributed by atoms with E-state index in [1.54, 1.807) is 18.2 Å². The summed E-state index contributed by atoms with van der Waals surface area (Å²) in [4.78, 5) is 15.1. The lowest BCUT2D eigenvalue weighted by Gasteiger charge is -2.31. The molecule has 8 heteroatoms. The molecule has 2 N–H and O–H groups in total. The Kier molecular flexibility index (Phi) is 4.10. The maximum absolute atomic E-state index is 13.5. The molecular formula is C22H22FN3O3S. The Labute approximate surface area is 174 Å². The van der Waals surface area contributed by atoms with Crippen molar-refractivity contribution < 1.29 is 17.6 Å². The van der Waals surface area contributed by atoms with Crippen LogP contribution in [0.3, 0.4) is 0 Å². The molecule has 2 aliphatic rings. The number of benzene rings is 2. The SMILES string of the molecule is CC1c2cc(-c3c[nH]c4cc(F)ccc34)ccc2S(=O)(=O)N1C[C@]1(C)CCC(=O)N1. The molecule has 0 spiro atoms. The van der Waals surface area contributed by atoms with Crippen molar-refractivity contribution in [3.63, 3.8) is 0 Å². The van der Waals surface area contributed by atoms with Crippen LogP contribution in [0.2, 0.25) is 0 Å². The number of rotatable bonds is 3. The fraction of sp³-hybridized carbons (Fsp3) is 0.318. The Hall–Kier alpha value is -2.71. The third-order valence-corrected chi connectivity index (χ3v) is 8.27. The number of sulfonamides is 1. The molecule has 3 aromatic rings. The quantitative estimate of drug-likeness (QED) is 0.669. The molecule has 6 nitrogen and oxygen atoms in total. The van der Waals surface area contributed by atoms with Crippen LogP contribution in [0.1, 0.15) is 38.3 Å². The number of carbonyl (C=O) groups is 1. The molecule has 0 saturated carbocycles. The molecule has 156 valence electrons. The van der Waals surface area contributed by atoms with Crippen LogP contribution in [-0.4, -0.2) is 35.7 Å². The standard InChI is InChI=1S/C22H22FN3O3S/c1-13-17-9-14(18-11-24-19-10-15(23)4-5-16(18)19)3-6-20(17)30(28,29)26(13)12-22(2)8-7-21(27)25-22/h3-6,9-11,13,24H,7-8,12H2,1-2H3,(H,25,27)/t13?,22-/m0/s1. The molecule has 0 radical (unpaired) electrons. The van der Waals surface area contributed by atoms with Gasteiger partial charge in [-0.25, -0.2) is 12.8 Å². The van der Waals surface area contributed by atoms with Gasteiger partial charge in [0.15, 0.2) is 0 Å². The maximum atomic E-state index is 13.5. The number of aromatic nitrogens is 1. The van der Waals surface area contributed by atoms with Gasteiger partial charge in [0.25, 0.3) is 0 Å². The summed E-state index contributed by atoms with van der Waals surface area (Å²) in [6.07, 6.45) is 2.84. The minimum atomic E-state index is -3.65. The van der Waals surface area contributed by atoms with Crippen molar-refractivity contribution >= 4 is 26.8 Å². The first-order valence-electron chi connectivity index (χ1n) is 9.92. The van der Waals surface area contributed by atoms with Crippen molar-refractivity contribution in [2.75, 3.05) is 6.54 Å². The molecule has 2 aliphatic heterocycles. The third-order valence-electron chi connectivity index (χ3n) is 6.28. The fourth-order valence-electron chi connectivity index (χ4n) is 4.64. The van der Waals surface area contributed by atoms with E-state index in [0.717, 1.165) is 22.1 Å². The molecule has 2 atom stereocenters. The summed E-state index contributed by atoms with van der Waals surface area (Å²) in [5.41, 5.74) is 2.63. The summed E-state index contributed by atoms with van der Waals surface area (Å²) in [6.45, 7) is 4.00. The highest BCUT2D eigenvalue weighted by molar-refractivity contribution is 7.89. The molecule has 1 fully saturated rings.